The van der Waals surface area contributed by atoms with Gasteiger partial charge < -0.3 is 5.11 Å². The molecule has 11 heavy (non-hydrogen) atoms. The lowest BCUT2D eigenvalue weighted by atomic mass is 9.56. The Morgan fingerprint density at radius 2 is 1.64 bits per heavy atom. The standard InChI is InChI=1S/C9H12O2/c10-9(11)8-6-2-4-1-5(6)7(8)3-4/h4-8H,1-3H2,(H,10,11). The molecular weight excluding hydrogens is 140 g/mol. The van der Waals surface area contributed by atoms with Gasteiger partial charge in [-0.15, -0.1) is 0 Å². The fourth-order valence-corrected chi connectivity index (χ4v) is 3.82. The third-order valence-corrected chi connectivity index (χ3v) is 4.12. The van der Waals surface area contributed by atoms with E-state index in [9.17, 15) is 4.79 Å². The second-order valence-electron chi connectivity index (χ2n) is 4.43. The normalized spacial score (nSPS) is 57.6. The number of fused-ring (bicyclic) bond motifs is 1. The molecule has 0 aromatic heterocycles. The van der Waals surface area contributed by atoms with Crippen LogP contribution in [0.3, 0.4) is 0 Å². The molecule has 2 unspecified atom stereocenters. The lowest BCUT2D eigenvalue weighted by molar-refractivity contribution is -0.158. The zero-order valence-corrected chi connectivity index (χ0v) is 6.36. The largest absolute Gasteiger partial charge is 0.481 e. The summed E-state index contributed by atoms with van der Waals surface area (Å²) in [5.41, 5.74) is 0. The van der Waals surface area contributed by atoms with Gasteiger partial charge in [-0.25, -0.2) is 0 Å². The van der Waals surface area contributed by atoms with Crippen molar-refractivity contribution in [1.82, 2.24) is 0 Å². The fraction of sp³-hybridized carbons (Fsp3) is 0.889. The molecule has 0 aromatic rings. The van der Waals surface area contributed by atoms with Crippen LogP contribution in [-0.2, 0) is 4.79 Å². The Balaban J connectivity index is 1.89. The van der Waals surface area contributed by atoms with E-state index in [0.29, 0.717) is 11.8 Å². The van der Waals surface area contributed by atoms with Crippen LogP contribution < -0.4 is 0 Å². The zero-order chi connectivity index (χ0) is 7.59. The lowest BCUT2D eigenvalue weighted by Gasteiger charge is -2.47. The van der Waals surface area contributed by atoms with Gasteiger partial charge in [0.2, 0.25) is 0 Å². The third kappa shape index (κ3) is 0.534. The average molecular weight is 152 g/mol. The van der Waals surface area contributed by atoms with Crippen molar-refractivity contribution in [2.45, 2.75) is 19.3 Å². The molecule has 0 radical (unpaired) electrons. The molecule has 2 atom stereocenters. The predicted octanol–water partition coefficient (Wildman–Crippen LogP) is 1.36. The zero-order valence-electron chi connectivity index (χ0n) is 6.36. The Bertz CT molecular complexity index is 210. The van der Waals surface area contributed by atoms with Crippen LogP contribution in [0.2, 0.25) is 0 Å². The van der Waals surface area contributed by atoms with Crippen LogP contribution in [0.25, 0.3) is 0 Å². The summed E-state index contributed by atoms with van der Waals surface area (Å²) >= 11 is 0. The molecule has 2 heteroatoms. The van der Waals surface area contributed by atoms with Gasteiger partial charge in [-0.1, -0.05) is 0 Å². The fourth-order valence-electron chi connectivity index (χ4n) is 3.82. The van der Waals surface area contributed by atoms with E-state index in [4.69, 9.17) is 5.11 Å². The van der Waals surface area contributed by atoms with Crippen molar-refractivity contribution >= 4 is 5.97 Å². The van der Waals surface area contributed by atoms with Crippen LogP contribution in [0.5, 0.6) is 0 Å². The first-order chi connectivity index (χ1) is 5.27. The predicted molar refractivity (Wildman–Crippen MR) is 38.9 cm³/mol. The number of carboxylic acid groups (broad SMARTS) is 1. The van der Waals surface area contributed by atoms with Gasteiger partial charge in [0.1, 0.15) is 0 Å². The molecular formula is C9H12O2. The summed E-state index contributed by atoms with van der Waals surface area (Å²) in [6.07, 6.45) is 3.79. The van der Waals surface area contributed by atoms with Crippen LogP contribution in [-0.4, -0.2) is 11.1 Å². The van der Waals surface area contributed by atoms with Crippen LogP contribution >= 0.6 is 0 Å². The molecule has 3 rings (SSSR count). The van der Waals surface area contributed by atoms with Crippen LogP contribution in [0.4, 0.5) is 0 Å². The van der Waals surface area contributed by atoms with Gasteiger partial charge in [-0.05, 0) is 42.9 Å². The maximum absolute atomic E-state index is 10.8. The van der Waals surface area contributed by atoms with Gasteiger partial charge >= 0.3 is 5.97 Å². The first kappa shape index (κ1) is 6.04. The molecule has 0 heterocycles. The van der Waals surface area contributed by atoms with Crippen molar-refractivity contribution in [3.8, 4) is 0 Å². The Labute approximate surface area is 65.6 Å². The van der Waals surface area contributed by atoms with E-state index in [1.54, 1.807) is 0 Å². The molecule has 0 aliphatic heterocycles. The summed E-state index contributed by atoms with van der Waals surface area (Å²) in [5, 5.41) is 8.88. The third-order valence-electron chi connectivity index (χ3n) is 4.12. The highest BCUT2D eigenvalue weighted by molar-refractivity contribution is 5.72. The summed E-state index contributed by atoms with van der Waals surface area (Å²) < 4.78 is 0. The van der Waals surface area contributed by atoms with Gasteiger partial charge in [-0.3, -0.25) is 4.79 Å². The highest BCUT2D eigenvalue weighted by Crippen LogP contribution is 2.66. The number of hydrogen-bond donors (Lipinski definition) is 1. The van der Waals surface area contributed by atoms with E-state index in [2.05, 4.69) is 0 Å². The van der Waals surface area contributed by atoms with E-state index < -0.39 is 5.97 Å². The Kier molecular flexibility index (Phi) is 0.890. The Morgan fingerprint density at radius 3 is 2.00 bits per heavy atom. The second-order valence-corrected chi connectivity index (χ2v) is 4.43. The summed E-state index contributed by atoms with van der Waals surface area (Å²) in [6.45, 7) is 0. The van der Waals surface area contributed by atoms with Gasteiger partial charge in [0.25, 0.3) is 0 Å². The van der Waals surface area contributed by atoms with Gasteiger partial charge in [-0.2, -0.15) is 0 Å². The van der Waals surface area contributed by atoms with Gasteiger partial charge in [0, 0.05) is 0 Å². The molecule has 0 spiro atoms. The Morgan fingerprint density at radius 1 is 1.09 bits per heavy atom. The van der Waals surface area contributed by atoms with Crippen molar-refractivity contribution in [2.75, 3.05) is 0 Å². The van der Waals surface area contributed by atoms with Crippen molar-refractivity contribution < 1.29 is 9.90 Å². The molecule has 2 nitrogen and oxygen atoms in total. The SMILES string of the molecule is O=C(O)C1C2CC3CC2C1C3. The minimum absolute atomic E-state index is 0.0544. The van der Waals surface area contributed by atoms with Crippen molar-refractivity contribution in [2.24, 2.45) is 29.6 Å². The number of hydrogen-bond acceptors (Lipinski definition) is 1. The first-order valence-electron chi connectivity index (χ1n) is 4.50. The second kappa shape index (κ2) is 1.62. The number of aliphatic carboxylic acids is 1. The maximum atomic E-state index is 10.8. The monoisotopic (exact) mass is 152 g/mol. The smallest absolute Gasteiger partial charge is 0.307 e. The highest BCUT2D eigenvalue weighted by atomic mass is 16.4. The van der Waals surface area contributed by atoms with Gasteiger partial charge in [0.05, 0.1) is 5.92 Å². The van der Waals surface area contributed by atoms with E-state index in [0.717, 1.165) is 11.8 Å². The van der Waals surface area contributed by atoms with E-state index in [-0.39, 0.29) is 5.92 Å². The van der Waals surface area contributed by atoms with E-state index >= 15 is 0 Å². The highest BCUT2D eigenvalue weighted by Gasteiger charge is 2.63. The van der Waals surface area contributed by atoms with Crippen LogP contribution in [0, 0.1) is 29.6 Å². The first-order valence-corrected chi connectivity index (χ1v) is 4.50. The molecule has 0 amide bonds. The summed E-state index contributed by atoms with van der Waals surface area (Å²) in [6, 6.07) is 0. The number of carbonyl (C=O) groups is 1. The molecule has 0 aromatic carbocycles. The average Bonchev–Trinajstić information content (AvgIpc) is 2.43. The number of carboxylic acids is 1. The summed E-state index contributed by atoms with van der Waals surface area (Å²) in [5.74, 6) is 2.41. The molecule has 3 aliphatic rings. The number of rotatable bonds is 1. The molecule has 0 saturated heterocycles. The molecule has 3 saturated carbocycles. The molecule has 3 fully saturated rings. The summed E-state index contributed by atoms with van der Waals surface area (Å²) in [4.78, 5) is 10.8. The molecule has 2 bridgehead atoms. The maximum Gasteiger partial charge on any atom is 0.307 e. The molecule has 60 valence electrons. The van der Waals surface area contributed by atoms with Crippen molar-refractivity contribution in [3.05, 3.63) is 0 Å². The Hall–Kier alpha value is -0.530. The van der Waals surface area contributed by atoms with Crippen LogP contribution in [0.15, 0.2) is 0 Å². The van der Waals surface area contributed by atoms with Gasteiger partial charge in [0.15, 0.2) is 0 Å². The molecule has 1 N–H and O–H groups in total. The minimum Gasteiger partial charge on any atom is -0.481 e. The minimum atomic E-state index is -0.531. The van der Waals surface area contributed by atoms with E-state index in [1.807, 2.05) is 0 Å². The van der Waals surface area contributed by atoms with E-state index in [1.165, 1.54) is 19.3 Å². The van der Waals surface area contributed by atoms with Crippen molar-refractivity contribution in [3.63, 3.8) is 0 Å². The lowest BCUT2D eigenvalue weighted by Crippen LogP contribution is -2.48. The summed E-state index contributed by atoms with van der Waals surface area (Å²) in [7, 11) is 0. The van der Waals surface area contributed by atoms with Crippen molar-refractivity contribution in [1.29, 1.82) is 0 Å². The topological polar surface area (TPSA) is 37.3 Å². The van der Waals surface area contributed by atoms with Crippen LogP contribution in [0.1, 0.15) is 19.3 Å². The quantitative estimate of drug-likeness (QED) is 0.616. The molecule has 3 aliphatic carbocycles.